The highest BCUT2D eigenvalue weighted by Gasteiger charge is 2.18. The van der Waals surface area contributed by atoms with Crippen LogP contribution < -0.4 is 5.32 Å². The van der Waals surface area contributed by atoms with Crippen molar-refractivity contribution >= 4 is 29.2 Å². The number of aliphatic imine (C=N–C) groups is 1. The summed E-state index contributed by atoms with van der Waals surface area (Å²) in [6.07, 6.45) is 0. The molecule has 0 saturated carbocycles. The average molecular weight is 414 g/mol. The molecule has 1 fully saturated rings. The smallest absolute Gasteiger partial charge is 0.193 e. The van der Waals surface area contributed by atoms with Crippen LogP contribution in [-0.4, -0.2) is 80.6 Å². The molecule has 1 atom stereocenters. The van der Waals surface area contributed by atoms with Crippen molar-refractivity contribution in [2.75, 3.05) is 59.9 Å². The van der Waals surface area contributed by atoms with Crippen molar-refractivity contribution < 1.29 is 0 Å². The lowest BCUT2D eigenvalue weighted by atomic mass is 10.1. The molecule has 5 nitrogen and oxygen atoms in total. The van der Waals surface area contributed by atoms with Crippen molar-refractivity contribution in [1.29, 1.82) is 0 Å². The molecule has 0 bridgehead atoms. The topological polar surface area (TPSA) is 34.1 Å². The number of guanidine groups is 1. The molecule has 7 heteroatoms. The SMILES string of the molecule is CCN1CCN(CC(C)CNC(=NC)N(C)Cc2ccc(Cl)c(Cl)c2)CC1. The first-order chi connectivity index (χ1) is 12.9. The number of rotatable bonds is 7. The number of nitrogens with zero attached hydrogens (tertiary/aromatic N) is 4. The molecule has 0 spiro atoms. The molecule has 0 aromatic heterocycles. The third kappa shape index (κ3) is 7.15. The van der Waals surface area contributed by atoms with Crippen LogP contribution in [0.25, 0.3) is 0 Å². The molecule has 0 radical (unpaired) electrons. The van der Waals surface area contributed by atoms with E-state index in [0.29, 0.717) is 16.0 Å². The van der Waals surface area contributed by atoms with Crippen LogP contribution in [0, 0.1) is 5.92 Å². The van der Waals surface area contributed by atoms with E-state index >= 15 is 0 Å². The maximum Gasteiger partial charge on any atom is 0.193 e. The molecule has 152 valence electrons. The summed E-state index contributed by atoms with van der Waals surface area (Å²) in [5.41, 5.74) is 1.11. The number of hydrogen-bond acceptors (Lipinski definition) is 3. The Kier molecular flexibility index (Phi) is 9.16. The van der Waals surface area contributed by atoms with E-state index in [-0.39, 0.29) is 0 Å². The van der Waals surface area contributed by atoms with E-state index in [1.807, 2.05) is 32.3 Å². The first kappa shape index (κ1) is 22.3. The summed E-state index contributed by atoms with van der Waals surface area (Å²) in [6, 6.07) is 5.74. The number of hydrogen-bond donors (Lipinski definition) is 1. The van der Waals surface area contributed by atoms with Gasteiger partial charge in [0.25, 0.3) is 0 Å². The summed E-state index contributed by atoms with van der Waals surface area (Å²) in [6.45, 7) is 13.2. The van der Waals surface area contributed by atoms with Gasteiger partial charge in [-0.05, 0) is 30.2 Å². The highest BCUT2D eigenvalue weighted by Crippen LogP contribution is 2.23. The fraction of sp³-hybridized carbons (Fsp3) is 0.650. The molecule has 1 aliphatic heterocycles. The fourth-order valence-electron chi connectivity index (χ4n) is 3.43. The third-order valence-electron chi connectivity index (χ3n) is 5.07. The Morgan fingerprint density at radius 2 is 1.85 bits per heavy atom. The van der Waals surface area contributed by atoms with Crippen LogP contribution in [0.4, 0.5) is 0 Å². The van der Waals surface area contributed by atoms with E-state index in [0.717, 1.165) is 37.7 Å². The molecule has 1 heterocycles. The summed E-state index contributed by atoms with van der Waals surface area (Å²) >= 11 is 12.1. The van der Waals surface area contributed by atoms with Gasteiger partial charge in [-0.2, -0.15) is 0 Å². The summed E-state index contributed by atoms with van der Waals surface area (Å²) < 4.78 is 0. The van der Waals surface area contributed by atoms with Gasteiger partial charge in [-0.25, -0.2) is 0 Å². The zero-order valence-corrected chi connectivity index (χ0v) is 18.5. The summed E-state index contributed by atoms with van der Waals surface area (Å²) in [7, 11) is 3.86. The van der Waals surface area contributed by atoms with Gasteiger partial charge in [-0.3, -0.25) is 4.99 Å². The van der Waals surface area contributed by atoms with E-state index in [4.69, 9.17) is 23.2 Å². The standard InChI is InChI=1S/C20H33Cl2N5/c1-5-26-8-10-27(11-9-26)14-16(2)13-24-20(23-3)25(4)15-17-6-7-18(21)19(22)12-17/h6-7,12,16H,5,8-11,13-15H2,1-4H3,(H,23,24). The van der Waals surface area contributed by atoms with Crippen LogP contribution in [-0.2, 0) is 6.54 Å². The predicted octanol–water partition coefficient (Wildman–Crippen LogP) is 3.27. The van der Waals surface area contributed by atoms with Gasteiger partial charge in [0.1, 0.15) is 0 Å². The molecular weight excluding hydrogens is 381 g/mol. The lowest BCUT2D eigenvalue weighted by molar-refractivity contribution is 0.124. The Hall–Kier alpha value is -1.01. The van der Waals surface area contributed by atoms with Crippen LogP contribution in [0.15, 0.2) is 23.2 Å². The van der Waals surface area contributed by atoms with Gasteiger partial charge < -0.3 is 20.0 Å². The highest BCUT2D eigenvalue weighted by molar-refractivity contribution is 6.42. The van der Waals surface area contributed by atoms with Crippen LogP contribution >= 0.6 is 23.2 Å². The minimum absolute atomic E-state index is 0.563. The lowest BCUT2D eigenvalue weighted by Gasteiger charge is -2.35. The van der Waals surface area contributed by atoms with E-state index in [1.165, 1.54) is 26.2 Å². The van der Waals surface area contributed by atoms with Crippen molar-refractivity contribution in [3.05, 3.63) is 33.8 Å². The van der Waals surface area contributed by atoms with Crippen molar-refractivity contribution in [2.24, 2.45) is 10.9 Å². The van der Waals surface area contributed by atoms with Crippen LogP contribution in [0.2, 0.25) is 10.0 Å². The number of likely N-dealkylation sites (N-methyl/N-ethyl adjacent to an activating group) is 1. The normalized spacial score (nSPS) is 17.8. The molecule has 1 saturated heterocycles. The molecular formula is C20H33Cl2N5. The van der Waals surface area contributed by atoms with Gasteiger partial charge in [0.2, 0.25) is 0 Å². The summed E-state index contributed by atoms with van der Waals surface area (Å²) in [5.74, 6) is 1.46. The zero-order chi connectivity index (χ0) is 19.8. The van der Waals surface area contributed by atoms with Crippen LogP contribution in [0.1, 0.15) is 19.4 Å². The van der Waals surface area contributed by atoms with E-state index in [1.54, 1.807) is 0 Å². The number of benzene rings is 1. The summed E-state index contributed by atoms with van der Waals surface area (Å²) in [4.78, 5) is 11.6. The second-order valence-corrected chi connectivity index (χ2v) is 8.19. The van der Waals surface area contributed by atoms with Crippen molar-refractivity contribution in [1.82, 2.24) is 20.0 Å². The number of halogens is 2. The molecule has 27 heavy (non-hydrogen) atoms. The Morgan fingerprint density at radius 1 is 1.19 bits per heavy atom. The molecule has 1 N–H and O–H groups in total. The van der Waals surface area contributed by atoms with E-state index < -0.39 is 0 Å². The average Bonchev–Trinajstić information content (AvgIpc) is 2.66. The largest absolute Gasteiger partial charge is 0.356 e. The number of piperazine rings is 1. The number of nitrogens with one attached hydrogen (secondary N) is 1. The van der Waals surface area contributed by atoms with Gasteiger partial charge in [0.15, 0.2) is 5.96 Å². The Bertz CT molecular complexity index is 614. The van der Waals surface area contributed by atoms with Crippen molar-refractivity contribution in [2.45, 2.75) is 20.4 Å². The Balaban J connectivity index is 1.77. The molecule has 0 amide bonds. The van der Waals surface area contributed by atoms with E-state index in [2.05, 4.69) is 38.9 Å². The van der Waals surface area contributed by atoms with Gasteiger partial charge in [-0.15, -0.1) is 0 Å². The third-order valence-corrected chi connectivity index (χ3v) is 5.81. The maximum absolute atomic E-state index is 6.12. The predicted molar refractivity (Wildman–Crippen MR) is 117 cm³/mol. The van der Waals surface area contributed by atoms with Gasteiger partial charge in [-0.1, -0.05) is 43.1 Å². The van der Waals surface area contributed by atoms with Crippen LogP contribution in [0.5, 0.6) is 0 Å². The fourth-order valence-corrected chi connectivity index (χ4v) is 3.75. The van der Waals surface area contributed by atoms with Gasteiger partial charge >= 0.3 is 0 Å². The van der Waals surface area contributed by atoms with Gasteiger partial charge in [0.05, 0.1) is 10.0 Å². The quantitative estimate of drug-likeness (QED) is 0.549. The monoisotopic (exact) mass is 413 g/mol. The van der Waals surface area contributed by atoms with Crippen molar-refractivity contribution in [3.8, 4) is 0 Å². The second kappa shape index (κ2) is 11.1. The molecule has 1 unspecified atom stereocenters. The summed E-state index contributed by atoms with van der Waals surface area (Å²) in [5, 5.41) is 4.67. The molecule has 2 rings (SSSR count). The van der Waals surface area contributed by atoms with Gasteiger partial charge in [0, 0.05) is 59.9 Å². The first-order valence-electron chi connectivity index (χ1n) is 9.73. The lowest BCUT2D eigenvalue weighted by Crippen LogP contribution is -2.48. The Labute approximate surface area is 174 Å². The second-order valence-electron chi connectivity index (χ2n) is 7.37. The van der Waals surface area contributed by atoms with E-state index in [9.17, 15) is 0 Å². The maximum atomic E-state index is 6.12. The highest BCUT2D eigenvalue weighted by atomic mass is 35.5. The molecule has 1 aromatic carbocycles. The molecule has 1 aliphatic rings. The minimum atomic E-state index is 0.563. The Morgan fingerprint density at radius 3 is 2.44 bits per heavy atom. The van der Waals surface area contributed by atoms with Crippen molar-refractivity contribution in [3.63, 3.8) is 0 Å². The molecule has 0 aliphatic carbocycles. The molecule has 1 aromatic rings. The van der Waals surface area contributed by atoms with Crippen LogP contribution in [0.3, 0.4) is 0 Å². The first-order valence-corrected chi connectivity index (χ1v) is 10.5. The zero-order valence-electron chi connectivity index (χ0n) is 17.0. The minimum Gasteiger partial charge on any atom is -0.356 e.